The Labute approximate surface area is 122 Å². The number of aryl methyl sites for hydroxylation is 3. The molecule has 7 heteroatoms. The van der Waals surface area contributed by atoms with E-state index in [0.717, 1.165) is 36.3 Å². The van der Waals surface area contributed by atoms with Crippen molar-refractivity contribution in [2.45, 2.75) is 25.7 Å². The van der Waals surface area contributed by atoms with Gasteiger partial charge < -0.3 is 10.4 Å². The van der Waals surface area contributed by atoms with Gasteiger partial charge in [-0.15, -0.1) is 0 Å². The van der Waals surface area contributed by atoms with Crippen molar-refractivity contribution in [2.24, 2.45) is 7.05 Å². The summed E-state index contributed by atoms with van der Waals surface area (Å²) in [5.41, 5.74) is 2.31. The first-order chi connectivity index (χ1) is 10.1. The highest BCUT2D eigenvalue weighted by molar-refractivity contribution is 5.93. The molecule has 3 rings (SSSR count). The second kappa shape index (κ2) is 5.51. The van der Waals surface area contributed by atoms with E-state index in [1.165, 1.54) is 0 Å². The van der Waals surface area contributed by atoms with Crippen LogP contribution < -0.4 is 5.32 Å². The van der Waals surface area contributed by atoms with Crippen LogP contribution >= 0.6 is 0 Å². The van der Waals surface area contributed by atoms with Gasteiger partial charge in [-0.3, -0.25) is 4.68 Å². The van der Waals surface area contributed by atoms with E-state index in [4.69, 9.17) is 0 Å². The summed E-state index contributed by atoms with van der Waals surface area (Å²) in [6.45, 7) is 0.552. The number of carbonyl (C=O) groups is 1. The molecule has 0 aromatic carbocycles. The lowest BCUT2D eigenvalue weighted by molar-refractivity contribution is 0.0697. The zero-order chi connectivity index (χ0) is 14.8. The van der Waals surface area contributed by atoms with E-state index >= 15 is 0 Å². The Hall–Kier alpha value is -2.44. The number of aromatic nitrogens is 4. The summed E-state index contributed by atoms with van der Waals surface area (Å²) in [6, 6.07) is 1.75. The van der Waals surface area contributed by atoms with Gasteiger partial charge in [0.25, 0.3) is 0 Å². The number of nitrogens with zero attached hydrogens (tertiary/aromatic N) is 4. The van der Waals surface area contributed by atoms with Crippen LogP contribution in [0.1, 0.15) is 33.9 Å². The molecule has 0 atom stereocenters. The number of rotatable bonds is 5. The summed E-state index contributed by atoms with van der Waals surface area (Å²) < 4.78 is 1.64. The summed E-state index contributed by atoms with van der Waals surface area (Å²) in [6.07, 6.45) is 5.15. The zero-order valence-electron chi connectivity index (χ0n) is 11.8. The van der Waals surface area contributed by atoms with E-state index in [0.29, 0.717) is 18.8 Å². The van der Waals surface area contributed by atoms with Gasteiger partial charge in [0.2, 0.25) is 0 Å². The highest BCUT2D eigenvalue weighted by atomic mass is 16.4. The largest absolute Gasteiger partial charge is 0.478 e. The minimum absolute atomic E-state index is 0.240. The smallest absolute Gasteiger partial charge is 0.339 e. The van der Waals surface area contributed by atoms with Crippen LogP contribution in [0.15, 0.2) is 12.4 Å². The maximum Gasteiger partial charge on any atom is 0.339 e. The summed E-state index contributed by atoms with van der Waals surface area (Å²) >= 11 is 0. The number of carboxylic acid groups (broad SMARTS) is 1. The standard InChI is InChI=1S/C14H17N5O2/c1-19-8-16-12(18-19)5-6-15-13-10(14(20)21)7-9-3-2-4-11(9)17-13/h7-8H,2-6H2,1H3,(H,15,17)(H,20,21). The van der Waals surface area contributed by atoms with Crippen LogP contribution in [-0.4, -0.2) is 37.4 Å². The van der Waals surface area contributed by atoms with E-state index in [2.05, 4.69) is 20.4 Å². The number of nitrogens with one attached hydrogen (secondary N) is 1. The highest BCUT2D eigenvalue weighted by Crippen LogP contribution is 2.25. The van der Waals surface area contributed by atoms with Gasteiger partial charge in [0.15, 0.2) is 5.82 Å². The highest BCUT2D eigenvalue weighted by Gasteiger charge is 2.19. The lowest BCUT2D eigenvalue weighted by Gasteiger charge is -2.10. The van der Waals surface area contributed by atoms with Crippen molar-refractivity contribution in [3.8, 4) is 0 Å². The fourth-order valence-corrected chi connectivity index (χ4v) is 2.56. The molecule has 2 aromatic rings. The molecule has 1 aliphatic rings. The molecular formula is C14H17N5O2. The molecule has 2 heterocycles. The van der Waals surface area contributed by atoms with E-state index in [-0.39, 0.29) is 5.56 Å². The molecule has 0 spiro atoms. The monoisotopic (exact) mass is 287 g/mol. The zero-order valence-corrected chi connectivity index (χ0v) is 11.8. The Morgan fingerprint density at radius 3 is 3.05 bits per heavy atom. The average Bonchev–Trinajstić information content (AvgIpc) is 3.06. The molecule has 110 valence electrons. The van der Waals surface area contributed by atoms with Crippen molar-refractivity contribution in [3.05, 3.63) is 35.0 Å². The Morgan fingerprint density at radius 2 is 2.33 bits per heavy atom. The van der Waals surface area contributed by atoms with E-state index in [1.54, 1.807) is 17.1 Å². The number of aromatic carboxylic acids is 1. The Morgan fingerprint density at radius 1 is 1.48 bits per heavy atom. The fourth-order valence-electron chi connectivity index (χ4n) is 2.56. The third-order valence-electron chi connectivity index (χ3n) is 3.57. The molecular weight excluding hydrogens is 270 g/mol. The SMILES string of the molecule is Cn1cnc(CCNc2nc3c(cc2C(=O)O)CCC3)n1. The third-order valence-corrected chi connectivity index (χ3v) is 3.57. The maximum atomic E-state index is 11.4. The van der Waals surface area contributed by atoms with Crippen LogP contribution in [0.5, 0.6) is 0 Å². The first-order valence-corrected chi connectivity index (χ1v) is 6.98. The van der Waals surface area contributed by atoms with Crippen LogP contribution in [0.2, 0.25) is 0 Å². The van der Waals surface area contributed by atoms with Crippen LogP contribution in [0.4, 0.5) is 5.82 Å². The number of hydrogen-bond acceptors (Lipinski definition) is 5. The van der Waals surface area contributed by atoms with Gasteiger partial charge in [0.05, 0.1) is 0 Å². The van der Waals surface area contributed by atoms with E-state index < -0.39 is 5.97 Å². The second-order valence-electron chi connectivity index (χ2n) is 5.16. The first kappa shape index (κ1) is 13.5. The van der Waals surface area contributed by atoms with Crippen molar-refractivity contribution < 1.29 is 9.90 Å². The minimum atomic E-state index is -0.948. The first-order valence-electron chi connectivity index (χ1n) is 6.98. The summed E-state index contributed by atoms with van der Waals surface area (Å²) in [5.74, 6) is 0.220. The van der Waals surface area contributed by atoms with Gasteiger partial charge in [-0.25, -0.2) is 14.8 Å². The predicted octanol–water partition coefficient (Wildman–Crippen LogP) is 1.05. The molecule has 0 bridgehead atoms. The minimum Gasteiger partial charge on any atom is -0.478 e. The number of anilines is 1. The molecule has 0 fully saturated rings. The second-order valence-corrected chi connectivity index (χ2v) is 5.16. The molecule has 21 heavy (non-hydrogen) atoms. The Bertz CT molecular complexity index is 680. The number of hydrogen-bond donors (Lipinski definition) is 2. The molecule has 2 aromatic heterocycles. The van der Waals surface area contributed by atoms with Gasteiger partial charge >= 0.3 is 5.97 Å². The molecule has 0 unspecified atom stereocenters. The van der Waals surface area contributed by atoms with Crippen LogP contribution in [0.3, 0.4) is 0 Å². The van der Waals surface area contributed by atoms with Crippen molar-refractivity contribution in [3.63, 3.8) is 0 Å². The van der Waals surface area contributed by atoms with Crippen molar-refractivity contribution in [1.29, 1.82) is 0 Å². The molecule has 0 radical (unpaired) electrons. The predicted molar refractivity (Wildman–Crippen MR) is 76.4 cm³/mol. The summed E-state index contributed by atoms with van der Waals surface area (Å²) in [5, 5.41) is 16.6. The fraction of sp³-hybridized carbons (Fsp3) is 0.429. The molecule has 0 amide bonds. The van der Waals surface area contributed by atoms with Gasteiger partial charge in [-0.1, -0.05) is 0 Å². The lowest BCUT2D eigenvalue weighted by atomic mass is 10.1. The number of pyridine rings is 1. The normalized spacial score (nSPS) is 13.2. The maximum absolute atomic E-state index is 11.4. The van der Waals surface area contributed by atoms with E-state index in [9.17, 15) is 9.90 Å². The van der Waals surface area contributed by atoms with E-state index in [1.807, 2.05) is 7.05 Å². The third kappa shape index (κ3) is 2.86. The van der Waals surface area contributed by atoms with Crippen LogP contribution in [0.25, 0.3) is 0 Å². The molecule has 2 N–H and O–H groups in total. The Balaban J connectivity index is 1.73. The molecule has 0 saturated carbocycles. The topological polar surface area (TPSA) is 92.9 Å². The van der Waals surface area contributed by atoms with Gasteiger partial charge in [0, 0.05) is 25.7 Å². The molecule has 7 nitrogen and oxygen atoms in total. The van der Waals surface area contributed by atoms with Gasteiger partial charge in [0.1, 0.15) is 17.7 Å². The summed E-state index contributed by atoms with van der Waals surface area (Å²) in [7, 11) is 1.81. The van der Waals surface area contributed by atoms with Crippen LogP contribution in [0, 0.1) is 0 Å². The molecule has 1 aliphatic carbocycles. The summed E-state index contributed by atoms with van der Waals surface area (Å²) in [4.78, 5) is 20.0. The quantitative estimate of drug-likeness (QED) is 0.854. The van der Waals surface area contributed by atoms with Gasteiger partial charge in [-0.05, 0) is 30.9 Å². The molecule has 0 aliphatic heterocycles. The van der Waals surface area contributed by atoms with Gasteiger partial charge in [-0.2, -0.15) is 5.10 Å². The van der Waals surface area contributed by atoms with Crippen molar-refractivity contribution in [2.75, 3.05) is 11.9 Å². The van der Waals surface area contributed by atoms with Crippen LogP contribution in [-0.2, 0) is 26.3 Å². The number of fused-ring (bicyclic) bond motifs is 1. The van der Waals surface area contributed by atoms with Crippen molar-refractivity contribution in [1.82, 2.24) is 19.7 Å². The molecule has 0 saturated heterocycles. The lowest BCUT2D eigenvalue weighted by Crippen LogP contribution is -2.13. The number of carboxylic acids is 1. The van der Waals surface area contributed by atoms with Crippen molar-refractivity contribution >= 4 is 11.8 Å². The Kier molecular flexibility index (Phi) is 3.55. The average molecular weight is 287 g/mol.